The third-order valence-corrected chi connectivity index (χ3v) is 2.92. The van der Waals surface area contributed by atoms with Crippen molar-refractivity contribution in [3.05, 3.63) is 34.5 Å². The van der Waals surface area contributed by atoms with Crippen LogP contribution < -0.4 is 5.32 Å². The van der Waals surface area contributed by atoms with E-state index in [1.54, 1.807) is 12.2 Å². The molecule has 0 radical (unpaired) electrons. The molecule has 0 bridgehead atoms. The predicted octanol–water partition coefficient (Wildman–Crippen LogP) is 1.83. The van der Waals surface area contributed by atoms with Gasteiger partial charge in [0.05, 0.1) is 6.42 Å². The summed E-state index contributed by atoms with van der Waals surface area (Å²) in [5, 5.41) is 15.2. The van der Waals surface area contributed by atoms with Gasteiger partial charge < -0.3 is 10.4 Å². The Morgan fingerprint density at radius 1 is 1.59 bits per heavy atom. The zero-order chi connectivity index (χ0) is 12.7. The van der Waals surface area contributed by atoms with Crippen molar-refractivity contribution in [1.82, 2.24) is 5.32 Å². The average Bonchev–Trinajstić information content (AvgIpc) is 2.76. The van der Waals surface area contributed by atoms with E-state index in [-0.39, 0.29) is 12.3 Å². The maximum Gasteiger partial charge on any atom is 0.326 e. The highest BCUT2D eigenvalue weighted by Gasteiger charge is 2.18. The number of carbonyl (C=O) groups excluding carboxylic acids is 1. The monoisotopic (exact) mass is 253 g/mol. The third kappa shape index (κ3) is 4.82. The molecule has 1 aromatic rings. The summed E-state index contributed by atoms with van der Waals surface area (Å²) in [5.74, 6) is -1.28. The first-order chi connectivity index (χ1) is 8.13. The summed E-state index contributed by atoms with van der Waals surface area (Å²) in [7, 11) is 0. The summed E-state index contributed by atoms with van der Waals surface area (Å²) in [6, 6.07) is 1.00. The van der Waals surface area contributed by atoms with Crippen LogP contribution in [0, 0.1) is 0 Å². The van der Waals surface area contributed by atoms with E-state index in [1.807, 2.05) is 23.8 Å². The van der Waals surface area contributed by atoms with Gasteiger partial charge in [-0.25, -0.2) is 4.79 Å². The molecule has 0 saturated carbocycles. The van der Waals surface area contributed by atoms with Gasteiger partial charge in [0.25, 0.3) is 0 Å². The number of hydrogen-bond acceptors (Lipinski definition) is 3. The largest absolute Gasteiger partial charge is 0.480 e. The van der Waals surface area contributed by atoms with Gasteiger partial charge in [-0.1, -0.05) is 12.2 Å². The molecule has 0 saturated heterocycles. The zero-order valence-electron chi connectivity index (χ0n) is 9.55. The Morgan fingerprint density at radius 2 is 2.35 bits per heavy atom. The van der Waals surface area contributed by atoms with Crippen LogP contribution in [0.2, 0.25) is 0 Å². The number of carboxylic acid groups (broad SMARTS) is 1. The van der Waals surface area contributed by atoms with Crippen LogP contribution in [0.1, 0.15) is 18.9 Å². The molecule has 0 spiro atoms. The number of rotatable bonds is 6. The number of amides is 1. The lowest BCUT2D eigenvalue weighted by atomic mass is 10.1. The molecule has 92 valence electrons. The number of carbonyl (C=O) groups is 2. The molecule has 5 heteroatoms. The molecule has 1 heterocycles. The molecule has 1 atom stereocenters. The van der Waals surface area contributed by atoms with Gasteiger partial charge in [0.2, 0.25) is 5.91 Å². The van der Waals surface area contributed by atoms with E-state index >= 15 is 0 Å². The lowest BCUT2D eigenvalue weighted by Gasteiger charge is -2.12. The molecule has 0 aliphatic rings. The topological polar surface area (TPSA) is 66.4 Å². The standard InChI is InChI=1S/C12H15NO3S/c1-2-3-4-10(12(15)16)13-11(14)7-9-5-6-17-8-9/h2-3,5-6,8,10H,4,7H2,1H3,(H,13,14)(H,15,16)/b3-2+. The highest BCUT2D eigenvalue weighted by molar-refractivity contribution is 7.07. The number of aliphatic carboxylic acids is 1. The van der Waals surface area contributed by atoms with Crippen molar-refractivity contribution in [2.24, 2.45) is 0 Å². The number of nitrogens with one attached hydrogen (secondary N) is 1. The summed E-state index contributed by atoms with van der Waals surface area (Å²) in [6.45, 7) is 1.81. The molecule has 4 nitrogen and oxygen atoms in total. The van der Waals surface area contributed by atoms with Gasteiger partial charge in [0, 0.05) is 0 Å². The van der Waals surface area contributed by atoms with Crippen LogP contribution in [0.15, 0.2) is 29.0 Å². The Balaban J connectivity index is 2.49. The number of thiophene rings is 1. The van der Waals surface area contributed by atoms with E-state index in [0.717, 1.165) is 5.56 Å². The number of allylic oxidation sites excluding steroid dienone is 1. The second kappa shape index (κ2) is 6.85. The highest BCUT2D eigenvalue weighted by Crippen LogP contribution is 2.06. The van der Waals surface area contributed by atoms with Crippen LogP contribution in [0.25, 0.3) is 0 Å². The van der Waals surface area contributed by atoms with Crippen LogP contribution in [0.4, 0.5) is 0 Å². The van der Waals surface area contributed by atoms with Crippen LogP contribution in [-0.2, 0) is 16.0 Å². The zero-order valence-corrected chi connectivity index (χ0v) is 10.4. The van der Waals surface area contributed by atoms with E-state index in [0.29, 0.717) is 6.42 Å². The maximum atomic E-state index is 11.6. The fraction of sp³-hybridized carbons (Fsp3) is 0.333. The Bertz CT molecular complexity index is 398. The first kappa shape index (κ1) is 13.4. The Hall–Kier alpha value is -1.62. The Kier molecular flexibility index (Phi) is 5.42. The molecule has 2 N–H and O–H groups in total. The van der Waals surface area contributed by atoms with Crippen molar-refractivity contribution in [2.45, 2.75) is 25.8 Å². The molecule has 0 aromatic carbocycles. The summed E-state index contributed by atoms with van der Waals surface area (Å²) in [4.78, 5) is 22.5. The average molecular weight is 253 g/mol. The smallest absolute Gasteiger partial charge is 0.326 e. The van der Waals surface area contributed by atoms with Gasteiger partial charge in [-0.05, 0) is 35.7 Å². The van der Waals surface area contributed by atoms with Crippen molar-refractivity contribution in [2.75, 3.05) is 0 Å². The minimum absolute atomic E-state index is 0.225. The quantitative estimate of drug-likeness (QED) is 0.760. The number of hydrogen-bond donors (Lipinski definition) is 2. The molecular formula is C12H15NO3S. The van der Waals surface area contributed by atoms with E-state index in [4.69, 9.17) is 5.11 Å². The molecule has 1 amide bonds. The van der Waals surface area contributed by atoms with Crippen molar-refractivity contribution < 1.29 is 14.7 Å². The lowest BCUT2D eigenvalue weighted by Crippen LogP contribution is -2.41. The summed E-state index contributed by atoms with van der Waals surface area (Å²) in [5.41, 5.74) is 0.905. The van der Waals surface area contributed by atoms with Crippen molar-refractivity contribution in [3.8, 4) is 0 Å². The SMILES string of the molecule is C/C=C/CC(NC(=O)Cc1ccsc1)C(=O)O. The normalized spacial score (nSPS) is 12.5. The third-order valence-electron chi connectivity index (χ3n) is 2.19. The fourth-order valence-corrected chi connectivity index (χ4v) is 1.99. The van der Waals surface area contributed by atoms with Gasteiger partial charge in [-0.3, -0.25) is 4.79 Å². The van der Waals surface area contributed by atoms with Gasteiger partial charge in [0.1, 0.15) is 6.04 Å². The maximum absolute atomic E-state index is 11.6. The van der Waals surface area contributed by atoms with Crippen molar-refractivity contribution >= 4 is 23.2 Å². The summed E-state index contributed by atoms with van der Waals surface area (Å²) >= 11 is 1.51. The van der Waals surface area contributed by atoms with Crippen LogP contribution in [0.3, 0.4) is 0 Å². The van der Waals surface area contributed by atoms with Crippen LogP contribution in [-0.4, -0.2) is 23.0 Å². The van der Waals surface area contributed by atoms with Gasteiger partial charge in [-0.2, -0.15) is 11.3 Å². The Morgan fingerprint density at radius 3 is 2.88 bits per heavy atom. The first-order valence-electron chi connectivity index (χ1n) is 5.28. The molecule has 1 unspecified atom stereocenters. The van der Waals surface area contributed by atoms with Gasteiger partial charge in [-0.15, -0.1) is 0 Å². The number of carboxylic acids is 1. The van der Waals surface area contributed by atoms with Crippen molar-refractivity contribution in [3.63, 3.8) is 0 Å². The minimum atomic E-state index is -1.01. The molecular weight excluding hydrogens is 238 g/mol. The van der Waals surface area contributed by atoms with Crippen molar-refractivity contribution in [1.29, 1.82) is 0 Å². The molecule has 1 rings (SSSR count). The van der Waals surface area contributed by atoms with Gasteiger partial charge in [0.15, 0.2) is 0 Å². The van der Waals surface area contributed by atoms with E-state index in [1.165, 1.54) is 11.3 Å². The molecule has 1 aromatic heterocycles. The fourth-order valence-electron chi connectivity index (χ4n) is 1.32. The first-order valence-corrected chi connectivity index (χ1v) is 6.22. The highest BCUT2D eigenvalue weighted by atomic mass is 32.1. The van der Waals surface area contributed by atoms with Crippen LogP contribution in [0.5, 0.6) is 0 Å². The van der Waals surface area contributed by atoms with E-state index in [2.05, 4.69) is 5.32 Å². The summed E-state index contributed by atoms with van der Waals surface area (Å²) < 4.78 is 0. The predicted molar refractivity (Wildman–Crippen MR) is 67.0 cm³/mol. The summed E-state index contributed by atoms with van der Waals surface area (Å²) in [6.07, 6.45) is 4.02. The second-order valence-electron chi connectivity index (χ2n) is 3.57. The van der Waals surface area contributed by atoms with E-state index in [9.17, 15) is 9.59 Å². The second-order valence-corrected chi connectivity index (χ2v) is 4.35. The molecule has 17 heavy (non-hydrogen) atoms. The molecule has 0 aliphatic heterocycles. The van der Waals surface area contributed by atoms with Crippen LogP contribution >= 0.6 is 11.3 Å². The Labute approximate surface area is 104 Å². The van der Waals surface area contributed by atoms with Gasteiger partial charge >= 0.3 is 5.97 Å². The molecule has 0 fully saturated rings. The minimum Gasteiger partial charge on any atom is -0.480 e. The van der Waals surface area contributed by atoms with E-state index < -0.39 is 12.0 Å². The lowest BCUT2D eigenvalue weighted by molar-refractivity contribution is -0.141. The molecule has 0 aliphatic carbocycles.